The predicted molar refractivity (Wildman–Crippen MR) is 313 cm³/mol. The number of hydrogen-bond donors (Lipinski definition) is 6. The number of carbonyl (C=O) groups excluding carboxylic acids is 2. The minimum absolute atomic E-state index is 0.0139. The molecule has 4 unspecified atom stereocenters. The summed E-state index contributed by atoms with van der Waals surface area (Å²) in [7, 11) is -5.87. The van der Waals surface area contributed by atoms with E-state index in [0.29, 0.717) is 49.5 Å². The normalized spacial score (nSPS) is 19.2. The van der Waals surface area contributed by atoms with Crippen LogP contribution in [0, 0.1) is 41.4 Å². The monoisotopic (exact) mass is 1230 g/mol. The molecule has 1 aromatic heterocycles. The average Bonchev–Trinajstić information content (AvgIpc) is 1.43. The SMILES string of the molecule is COC(=O)c1ccc(N)cc1F.CS(=O)(=O)Nc1ccc(C(=O)O)c(F)c1.Cc1nc2ccccc2n1C1CC2N(CCC3(c4cccc(F)c4)CCN(C(=O)c4ccc(NS(C)(=O)=O)cc4F)CC3)C3CCC32C1.Nc1ccc(C(=O)O)c(F)c1. The van der Waals surface area contributed by atoms with Crippen LogP contribution in [0.15, 0.2) is 121 Å². The molecule has 8 N–H and O–H groups in total. The van der Waals surface area contributed by atoms with Crippen molar-refractivity contribution in [2.24, 2.45) is 5.41 Å². The summed E-state index contributed by atoms with van der Waals surface area (Å²) < 4.78 is 124. The minimum atomic E-state index is -3.58. The second-order valence-corrected chi connectivity index (χ2v) is 25.2. The number of carboxylic acids is 2. The molecule has 19 nitrogen and oxygen atoms in total. The van der Waals surface area contributed by atoms with E-state index < -0.39 is 72.7 Å². The third-order valence-electron chi connectivity index (χ3n) is 16.2. The maximum absolute atomic E-state index is 15.0. The van der Waals surface area contributed by atoms with Gasteiger partial charge in [0.15, 0.2) is 0 Å². The quantitative estimate of drug-likeness (QED) is 0.0356. The van der Waals surface area contributed by atoms with E-state index in [1.54, 1.807) is 17.0 Å². The Kier molecular flexibility index (Phi) is 18.8. The van der Waals surface area contributed by atoms with Crippen LogP contribution in [0.3, 0.4) is 0 Å². The van der Waals surface area contributed by atoms with E-state index in [9.17, 15) is 53.6 Å². The lowest BCUT2D eigenvalue weighted by molar-refractivity contribution is -0.190. The first kappa shape index (κ1) is 63.4. The number of nitrogens with zero attached hydrogens (tertiary/aromatic N) is 4. The summed E-state index contributed by atoms with van der Waals surface area (Å²) in [5.74, 6) is -6.24. The van der Waals surface area contributed by atoms with Gasteiger partial charge < -0.3 is 35.9 Å². The number of aromatic nitrogens is 2. The van der Waals surface area contributed by atoms with Gasteiger partial charge in [-0.2, -0.15) is 0 Å². The standard InChI is InChI=1S/C37H41F2N5O3S.C8H8FNO4S.C8H8FNO2.C7H6FNO2/c1-24-40-31-8-3-4-9-32(31)44(24)28-22-34-37(23-28)13-12-33(37)43(34)19-16-36(25-6-5-7-26(38)20-25)14-17-42(18-15-36)35(45)29-11-10-27(21-30(29)39)41-48(2,46)47;1-15(13,14)10-5-2-3-6(8(11)12)7(9)4-5;1-12-8(11)6-3-2-5(10)4-7(6)9;8-6-3-4(9)1-2-5(6)7(10)11/h3-11,20-21,28,33-34,41H,12-19,22-23H2,1-2H3;2-4,10H,1H3,(H,11,12);2-4H,10H2,1H3;1-3H,9H2,(H,10,11). The number of piperidine rings is 2. The maximum Gasteiger partial charge on any atom is 0.340 e. The topological polar surface area (TPSA) is 287 Å². The molecule has 11 rings (SSSR count). The molecule has 456 valence electrons. The smallest absolute Gasteiger partial charge is 0.340 e. The van der Waals surface area contributed by atoms with E-state index in [2.05, 4.69) is 44.0 Å². The van der Waals surface area contributed by atoms with Crippen LogP contribution in [-0.4, -0.2) is 122 Å². The molecule has 3 heterocycles. The van der Waals surface area contributed by atoms with Crippen LogP contribution < -0.4 is 20.9 Å². The van der Waals surface area contributed by atoms with Crippen LogP contribution in [0.2, 0.25) is 0 Å². The Morgan fingerprint density at radius 2 is 1.21 bits per heavy atom. The third-order valence-corrected chi connectivity index (χ3v) is 17.4. The van der Waals surface area contributed by atoms with Crippen LogP contribution in [0.5, 0.6) is 0 Å². The highest BCUT2D eigenvalue weighted by atomic mass is 32.2. The van der Waals surface area contributed by atoms with Gasteiger partial charge in [0.05, 0.1) is 64.3 Å². The lowest BCUT2D eigenvalue weighted by Gasteiger charge is -2.69. The number of aromatic carboxylic acids is 2. The Labute approximate surface area is 492 Å². The first-order valence-electron chi connectivity index (χ1n) is 27.0. The van der Waals surface area contributed by atoms with Crippen LogP contribution in [0.1, 0.15) is 104 Å². The number of nitrogen functional groups attached to an aromatic ring is 2. The molecular formula is C60H63F5N8O11S2. The molecule has 4 aliphatic rings. The summed E-state index contributed by atoms with van der Waals surface area (Å²) in [5.41, 5.74) is 13.3. The fourth-order valence-corrected chi connectivity index (χ4v) is 13.4. The summed E-state index contributed by atoms with van der Waals surface area (Å²) in [6.07, 6.45) is 8.84. The zero-order chi connectivity index (χ0) is 62.6. The third kappa shape index (κ3) is 14.2. The van der Waals surface area contributed by atoms with E-state index in [-0.39, 0.29) is 50.7 Å². The Bertz CT molecular complexity index is 3980. The van der Waals surface area contributed by atoms with Crippen LogP contribution in [-0.2, 0) is 30.2 Å². The molecule has 4 fully saturated rings. The second-order valence-electron chi connectivity index (χ2n) is 21.7. The van der Waals surface area contributed by atoms with Crippen molar-refractivity contribution in [2.75, 3.05) is 60.2 Å². The number of aryl methyl sites for hydroxylation is 1. The van der Waals surface area contributed by atoms with Crippen LogP contribution in [0.4, 0.5) is 44.7 Å². The maximum atomic E-state index is 15.0. The van der Waals surface area contributed by atoms with Crippen molar-refractivity contribution in [1.29, 1.82) is 0 Å². The van der Waals surface area contributed by atoms with Crippen molar-refractivity contribution in [2.45, 2.75) is 75.4 Å². The predicted octanol–water partition coefficient (Wildman–Crippen LogP) is 9.62. The van der Waals surface area contributed by atoms with Gasteiger partial charge >= 0.3 is 17.9 Å². The van der Waals surface area contributed by atoms with Crippen LogP contribution in [0.25, 0.3) is 11.0 Å². The van der Waals surface area contributed by atoms with Crippen LogP contribution >= 0.6 is 0 Å². The summed E-state index contributed by atoms with van der Waals surface area (Å²) in [4.78, 5) is 54.2. The molecule has 4 atom stereocenters. The Morgan fingerprint density at radius 3 is 1.71 bits per heavy atom. The molecule has 2 saturated heterocycles. The van der Waals surface area contributed by atoms with Gasteiger partial charge in [-0.15, -0.1) is 0 Å². The van der Waals surface area contributed by atoms with Gasteiger partial charge in [0, 0.05) is 48.0 Å². The van der Waals surface area contributed by atoms with Gasteiger partial charge in [0.1, 0.15) is 34.9 Å². The number of nitrogens with two attached hydrogens (primary N) is 2. The molecule has 6 aromatic carbocycles. The second kappa shape index (κ2) is 25.5. The molecule has 0 radical (unpaired) electrons. The summed E-state index contributed by atoms with van der Waals surface area (Å²) in [5, 5.41) is 16.9. The number of halogens is 5. The number of carboxylic acid groups (broad SMARTS) is 2. The van der Waals surface area contributed by atoms with Crippen molar-refractivity contribution in [3.63, 3.8) is 0 Å². The molecular weight excluding hydrogens is 1170 g/mol. The highest BCUT2D eigenvalue weighted by Crippen LogP contribution is 2.68. The number of anilines is 4. The highest BCUT2D eigenvalue weighted by Gasteiger charge is 2.69. The number of hydrogen-bond acceptors (Lipinski definition) is 13. The molecule has 1 amide bonds. The van der Waals surface area contributed by atoms with Gasteiger partial charge in [-0.3, -0.25) is 19.1 Å². The molecule has 1 spiro atoms. The Hall–Kier alpha value is -8.62. The van der Waals surface area contributed by atoms with Gasteiger partial charge in [-0.05, 0) is 166 Å². The number of methoxy groups -OCH3 is 1. The molecule has 86 heavy (non-hydrogen) atoms. The number of imidazole rings is 1. The lowest BCUT2D eigenvalue weighted by atomic mass is 9.53. The van der Waals surface area contributed by atoms with Crippen molar-refractivity contribution in [3.8, 4) is 0 Å². The summed E-state index contributed by atoms with van der Waals surface area (Å²) >= 11 is 0. The molecule has 2 aliphatic carbocycles. The number of benzene rings is 6. The van der Waals surface area contributed by atoms with E-state index in [1.165, 1.54) is 74.4 Å². The summed E-state index contributed by atoms with van der Waals surface area (Å²) in [6, 6.07) is 30.8. The number of ether oxygens (including phenoxy) is 1. The fourth-order valence-electron chi connectivity index (χ4n) is 12.2. The first-order chi connectivity index (χ1) is 40.5. The van der Waals surface area contributed by atoms with E-state index >= 15 is 4.39 Å². The number of likely N-dealkylation sites (tertiary alicyclic amines) is 2. The number of nitrogens with one attached hydrogen (secondary N) is 2. The minimum Gasteiger partial charge on any atom is -0.478 e. The van der Waals surface area contributed by atoms with E-state index in [1.807, 2.05) is 16.9 Å². The highest BCUT2D eigenvalue weighted by molar-refractivity contribution is 7.92. The van der Waals surface area contributed by atoms with Gasteiger partial charge in [0.2, 0.25) is 20.0 Å². The summed E-state index contributed by atoms with van der Waals surface area (Å²) in [6.45, 7) is 3.88. The lowest BCUT2D eigenvalue weighted by Crippen LogP contribution is -2.74. The molecule has 26 heteroatoms. The fraction of sp³-hybridized carbons (Fsp3) is 0.317. The molecule has 2 aliphatic heterocycles. The van der Waals surface area contributed by atoms with E-state index in [4.69, 9.17) is 26.7 Å². The number of para-hydroxylation sites is 2. The number of amides is 1. The largest absolute Gasteiger partial charge is 0.478 e. The van der Waals surface area contributed by atoms with Crippen molar-refractivity contribution in [3.05, 3.63) is 184 Å². The first-order valence-corrected chi connectivity index (χ1v) is 30.7. The van der Waals surface area contributed by atoms with Gasteiger partial charge in [-0.25, -0.2) is 58.2 Å². The Morgan fingerprint density at radius 1 is 0.674 bits per heavy atom. The molecule has 2 saturated carbocycles. The Balaban J connectivity index is 0.000000203. The molecule has 7 aromatic rings. The number of carbonyl (C=O) groups is 4. The van der Waals surface area contributed by atoms with E-state index in [0.717, 1.165) is 85.2 Å². The van der Waals surface area contributed by atoms with Crippen molar-refractivity contribution in [1.82, 2.24) is 19.4 Å². The number of fused-ring (bicyclic) bond motifs is 1. The van der Waals surface area contributed by atoms with Gasteiger partial charge in [-0.1, -0.05) is 24.3 Å². The molecule has 0 bridgehead atoms. The average molecular weight is 1230 g/mol. The van der Waals surface area contributed by atoms with Crippen molar-refractivity contribution >= 4 is 77.6 Å². The van der Waals surface area contributed by atoms with Crippen molar-refractivity contribution < 1.29 is 72.9 Å². The zero-order valence-electron chi connectivity index (χ0n) is 47.1. The van der Waals surface area contributed by atoms with Gasteiger partial charge in [0.25, 0.3) is 5.91 Å². The number of sulfonamides is 2. The number of esters is 1. The number of rotatable bonds is 13. The zero-order valence-corrected chi connectivity index (χ0v) is 48.7.